The number of aliphatic carboxylic acids is 1. The molecule has 0 saturated heterocycles. The molecule has 17 heavy (non-hydrogen) atoms. The van der Waals surface area contributed by atoms with Crippen molar-refractivity contribution in [1.29, 1.82) is 0 Å². The number of methoxy groups -OCH3 is 2. The van der Waals surface area contributed by atoms with Gasteiger partial charge in [-0.05, 0) is 18.4 Å². The smallest absolute Gasteiger partial charge is 0.303 e. The average Bonchev–Trinajstić information content (AvgIpc) is 2.29. The van der Waals surface area contributed by atoms with Gasteiger partial charge in [0.25, 0.3) is 0 Å². The van der Waals surface area contributed by atoms with Gasteiger partial charge in [0.15, 0.2) is 0 Å². The van der Waals surface area contributed by atoms with Crippen LogP contribution in [0.2, 0.25) is 0 Å². The Labute approximate surface area is 101 Å². The summed E-state index contributed by atoms with van der Waals surface area (Å²) in [4.78, 5) is 10.5. The number of para-hydroxylation sites is 1. The molecule has 0 heterocycles. The summed E-state index contributed by atoms with van der Waals surface area (Å²) in [6, 6.07) is 5.84. The molecule has 0 radical (unpaired) electrons. The highest BCUT2D eigenvalue weighted by Gasteiger charge is 2.09. The maximum atomic E-state index is 10.5. The minimum Gasteiger partial charge on any atom is -0.496 e. The van der Waals surface area contributed by atoms with Crippen molar-refractivity contribution in [2.75, 3.05) is 14.2 Å². The highest BCUT2D eigenvalue weighted by molar-refractivity contribution is 5.66. The van der Waals surface area contributed by atoms with Crippen molar-refractivity contribution in [1.82, 2.24) is 0 Å². The second kappa shape index (κ2) is 6.91. The molecule has 0 aliphatic heterocycles. The van der Waals surface area contributed by atoms with Gasteiger partial charge in [-0.15, -0.1) is 0 Å². The fourth-order valence-corrected chi connectivity index (χ4v) is 1.80. The number of carbonyl (C=O) groups is 1. The average molecular weight is 238 g/mol. The standard InChI is InChI=1S/C13H18O4/c1-16-9-11-7-3-5-10(13(11)17-2)6-4-8-12(14)15/h3,5,7H,4,6,8-9H2,1-2H3,(H,14,15). The summed E-state index contributed by atoms with van der Waals surface area (Å²) in [5, 5.41) is 8.61. The van der Waals surface area contributed by atoms with Gasteiger partial charge in [0.1, 0.15) is 5.75 Å². The van der Waals surface area contributed by atoms with Crippen LogP contribution in [0.5, 0.6) is 5.75 Å². The van der Waals surface area contributed by atoms with E-state index in [0.717, 1.165) is 16.9 Å². The molecule has 0 fully saturated rings. The molecule has 0 saturated carbocycles. The van der Waals surface area contributed by atoms with E-state index in [0.29, 0.717) is 19.4 Å². The number of ether oxygens (including phenoxy) is 2. The number of hydrogen-bond acceptors (Lipinski definition) is 3. The van der Waals surface area contributed by atoms with Crippen molar-refractivity contribution >= 4 is 5.97 Å². The third kappa shape index (κ3) is 4.07. The van der Waals surface area contributed by atoms with Crippen LogP contribution < -0.4 is 4.74 Å². The quantitative estimate of drug-likeness (QED) is 0.791. The van der Waals surface area contributed by atoms with Gasteiger partial charge in [0, 0.05) is 19.1 Å². The number of hydrogen-bond donors (Lipinski definition) is 1. The number of carboxylic acids is 1. The zero-order valence-corrected chi connectivity index (χ0v) is 10.2. The number of rotatable bonds is 7. The van der Waals surface area contributed by atoms with E-state index in [1.54, 1.807) is 14.2 Å². The van der Waals surface area contributed by atoms with Crippen LogP contribution in [-0.2, 0) is 22.6 Å². The summed E-state index contributed by atoms with van der Waals surface area (Å²) < 4.78 is 10.5. The summed E-state index contributed by atoms with van der Waals surface area (Å²) in [5.41, 5.74) is 2.02. The van der Waals surface area contributed by atoms with Crippen LogP contribution in [0.3, 0.4) is 0 Å². The van der Waals surface area contributed by atoms with Crippen LogP contribution in [0.1, 0.15) is 24.0 Å². The summed E-state index contributed by atoms with van der Waals surface area (Å²) in [7, 11) is 3.26. The molecule has 1 rings (SSSR count). The minimum atomic E-state index is -0.767. The van der Waals surface area contributed by atoms with Crippen molar-refractivity contribution < 1.29 is 19.4 Å². The molecular weight excluding hydrogens is 220 g/mol. The Kier molecular flexibility index (Phi) is 5.49. The summed E-state index contributed by atoms with van der Waals surface area (Å²) in [6.07, 6.45) is 1.49. The van der Waals surface area contributed by atoms with Gasteiger partial charge in [0.2, 0.25) is 0 Å². The monoisotopic (exact) mass is 238 g/mol. The fourth-order valence-electron chi connectivity index (χ4n) is 1.80. The van der Waals surface area contributed by atoms with E-state index in [9.17, 15) is 4.79 Å². The maximum Gasteiger partial charge on any atom is 0.303 e. The number of carboxylic acid groups (broad SMARTS) is 1. The Morgan fingerprint density at radius 1 is 1.29 bits per heavy atom. The summed E-state index contributed by atoms with van der Waals surface area (Å²) >= 11 is 0. The molecule has 1 N–H and O–H groups in total. The van der Waals surface area contributed by atoms with Crippen LogP contribution in [0, 0.1) is 0 Å². The first-order valence-corrected chi connectivity index (χ1v) is 5.54. The molecular formula is C13H18O4. The third-order valence-corrected chi connectivity index (χ3v) is 2.52. The molecule has 4 heteroatoms. The minimum absolute atomic E-state index is 0.178. The molecule has 0 atom stereocenters. The molecule has 0 spiro atoms. The zero-order chi connectivity index (χ0) is 12.7. The Morgan fingerprint density at radius 2 is 2.00 bits per heavy atom. The molecule has 1 aromatic rings. The summed E-state index contributed by atoms with van der Waals surface area (Å²) in [5.74, 6) is 0.0387. The Balaban J connectivity index is 2.76. The van der Waals surface area contributed by atoms with Crippen molar-refractivity contribution in [2.45, 2.75) is 25.9 Å². The van der Waals surface area contributed by atoms with E-state index >= 15 is 0 Å². The predicted molar refractivity (Wildman–Crippen MR) is 64.3 cm³/mol. The van der Waals surface area contributed by atoms with E-state index in [-0.39, 0.29) is 6.42 Å². The van der Waals surface area contributed by atoms with Crippen molar-refractivity contribution in [3.05, 3.63) is 29.3 Å². The topological polar surface area (TPSA) is 55.8 Å². The van der Waals surface area contributed by atoms with Crippen LogP contribution in [-0.4, -0.2) is 25.3 Å². The van der Waals surface area contributed by atoms with Gasteiger partial charge in [-0.1, -0.05) is 18.2 Å². The second-order valence-electron chi connectivity index (χ2n) is 3.79. The Morgan fingerprint density at radius 3 is 2.59 bits per heavy atom. The lowest BCUT2D eigenvalue weighted by Crippen LogP contribution is -2.00. The fraction of sp³-hybridized carbons (Fsp3) is 0.462. The normalized spacial score (nSPS) is 10.2. The molecule has 94 valence electrons. The first kappa shape index (κ1) is 13.5. The maximum absolute atomic E-state index is 10.5. The van der Waals surface area contributed by atoms with Gasteiger partial charge in [-0.3, -0.25) is 4.79 Å². The van der Waals surface area contributed by atoms with Gasteiger partial charge >= 0.3 is 5.97 Å². The number of aryl methyl sites for hydroxylation is 1. The molecule has 0 aliphatic carbocycles. The van der Waals surface area contributed by atoms with Crippen LogP contribution in [0.25, 0.3) is 0 Å². The van der Waals surface area contributed by atoms with Gasteiger partial charge < -0.3 is 14.6 Å². The SMILES string of the molecule is COCc1cccc(CCCC(=O)O)c1OC. The number of benzene rings is 1. The first-order chi connectivity index (χ1) is 8.19. The van der Waals surface area contributed by atoms with Crippen LogP contribution >= 0.6 is 0 Å². The predicted octanol–water partition coefficient (Wildman–Crippen LogP) is 2.25. The van der Waals surface area contributed by atoms with Gasteiger partial charge in [-0.2, -0.15) is 0 Å². The molecule has 0 aliphatic rings. The molecule has 0 amide bonds. The highest BCUT2D eigenvalue weighted by atomic mass is 16.5. The van der Waals surface area contributed by atoms with Crippen molar-refractivity contribution in [3.63, 3.8) is 0 Å². The molecule has 0 aromatic heterocycles. The first-order valence-electron chi connectivity index (χ1n) is 5.54. The lowest BCUT2D eigenvalue weighted by molar-refractivity contribution is -0.137. The lowest BCUT2D eigenvalue weighted by atomic mass is 10.0. The molecule has 4 nitrogen and oxygen atoms in total. The molecule has 0 bridgehead atoms. The highest BCUT2D eigenvalue weighted by Crippen LogP contribution is 2.25. The summed E-state index contributed by atoms with van der Waals surface area (Å²) in [6.45, 7) is 0.496. The second-order valence-corrected chi connectivity index (χ2v) is 3.79. The van der Waals surface area contributed by atoms with Crippen molar-refractivity contribution in [2.24, 2.45) is 0 Å². The van der Waals surface area contributed by atoms with E-state index in [4.69, 9.17) is 14.6 Å². The Hall–Kier alpha value is -1.55. The van der Waals surface area contributed by atoms with Crippen LogP contribution in [0.4, 0.5) is 0 Å². The van der Waals surface area contributed by atoms with E-state index in [1.165, 1.54) is 0 Å². The molecule has 0 unspecified atom stereocenters. The van der Waals surface area contributed by atoms with Gasteiger partial charge in [-0.25, -0.2) is 0 Å². The van der Waals surface area contributed by atoms with Crippen molar-refractivity contribution in [3.8, 4) is 5.75 Å². The molecule has 1 aromatic carbocycles. The largest absolute Gasteiger partial charge is 0.496 e. The van der Waals surface area contributed by atoms with E-state index in [1.807, 2.05) is 18.2 Å². The Bertz CT molecular complexity index is 374. The van der Waals surface area contributed by atoms with Crippen LogP contribution in [0.15, 0.2) is 18.2 Å². The third-order valence-electron chi connectivity index (χ3n) is 2.52. The zero-order valence-electron chi connectivity index (χ0n) is 10.2. The van der Waals surface area contributed by atoms with Gasteiger partial charge in [0.05, 0.1) is 13.7 Å². The van der Waals surface area contributed by atoms with E-state index < -0.39 is 5.97 Å². The van der Waals surface area contributed by atoms with E-state index in [2.05, 4.69) is 0 Å². The lowest BCUT2D eigenvalue weighted by Gasteiger charge is -2.12.